The van der Waals surface area contributed by atoms with E-state index in [0.717, 1.165) is 12.8 Å². The smallest absolute Gasteiger partial charge is 0.273 e. The third-order valence-electron chi connectivity index (χ3n) is 3.09. The molecule has 5 heteroatoms. The molecule has 1 saturated carbocycles. The second-order valence-corrected chi connectivity index (χ2v) is 5.15. The Kier molecular flexibility index (Phi) is 3.78. The van der Waals surface area contributed by atoms with E-state index in [-0.39, 0.29) is 5.91 Å². The molecule has 0 spiro atoms. The predicted octanol–water partition coefficient (Wildman–Crippen LogP) is 2.30. The van der Waals surface area contributed by atoms with Crippen LogP contribution in [0.2, 0.25) is 0 Å². The number of hydrogen-bond donors (Lipinski definition) is 1. The summed E-state index contributed by atoms with van der Waals surface area (Å²) >= 11 is 1.30. The van der Waals surface area contributed by atoms with Crippen LogP contribution in [0.5, 0.6) is 0 Å². The Balaban J connectivity index is 2.14. The van der Waals surface area contributed by atoms with E-state index in [1.54, 1.807) is 11.5 Å². The summed E-state index contributed by atoms with van der Waals surface area (Å²) in [4.78, 5) is 18.2. The average Bonchev–Trinajstić information content (AvgIpc) is 2.95. The van der Waals surface area contributed by atoms with Crippen molar-refractivity contribution in [1.82, 2.24) is 9.88 Å². The standard InChI is InChI=1S/C12H17N3OS/c1-2-7-15(9-5-3-4-6-9)11(16)10-8-17-12(13)14-10/h2,8-9H,1,3-7H2,(H2,13,14). The molecular weight excluding hydrogens is 234 g/mol. The lowest BCUT2D eigenvalue weighted by atomic mass is 10.2. The number of nitrogen functional groups attached to an aromatic ring is 1. The number of carbonyl (C=O) groups excluding carboxylic acids is 1. The maximum Gasteiger partial charge on any atom is 0.273 e. The van der Waals surface area contributed by atoms with Crippen LogP contribution in [0.4, 0.5) is 5.13 Å². The van der Waals surface area contributed by atoms with E-state index in [9.17, 15) is 4.79 Å². The van der Waals surface area contributed by atoms with Crippen LogP contribution in [-0.4, -0.2) is 28.4 Å². The Bertz CT molecular complexity index is 410. The fourth-order valence-corrected chi connectivity index (χ4v) is 2.82. The largest absolute Gasteiger partial charge is 0.375 e. The molecule has 92 valence electrons. The second kappa shape index (κ2) is 5.31. The molecule has 1 aromatic heterocycles. The molecule has 0 aliphatic heterocycles. The molecule has 1 heterocycles. The highest BCUT2D eigenvalue weighted by Crippen LogP contribution is 2.25. The molecule has 1 aliphatic rings. The van der Waals surface area contributed by atoms with Gasteiger partial charge in [-0.25, -0.2) is 4.98 Å². The van der Waals surface area contributed by atoms with Gasteiger partial charge in [0.25, 0.3) is 5.91 Å². The molecule has 1 aromatic rings. The predicted molar refractivity (Wildman–Crippen MR) is 70.0 cm³/mol. The molecule has 0 aromatic carbocycles. The highest BCUT2D eigenvalue weighted by Gasteiger charge is 2.27. The number of nitrogens with two attached hydrogens (primary N) is 1. The summed E-state index contributed by atoms with van der Waals surface area (Å²) in [7, 11) is 0. The van der Waals surface area contributed by atoms with Crippen molar-refractivity contribution in [2.24, 2.45) is 0 Å². The van der Waals surface area contributed by atoms with Crippen LogP contribution in [0.25, 0.3) is 0 Å². The SMILES string of the molecule is C=CCN(C(=O)c1csc(N)n1)C1CCCC1. The van der Waals surface area contributed by atoms with Crippen molar-refractivity contribution in [2.75, 3.05) is 12.3 Å². The highest BCUT2D eigenvalue weighted by atomic mass is 32.1. The van der Waals surface area contributed by atoms with Gasteiger partial charge in [0.05, 0.1) is 0 Å². The maximum atomic E-state index is 12.3. The van der Waals surface area contributed by atoms with E-state index >= 15 is 0 Å². The first-order valence-corrected chi connectivity index (χ1v) is 6.73. The van der Waals surface area contributed by atoms with Gasteiger partial charge in [-0.1, -0.05) is 18.9 Å². The van der Waals surface area contributed by atoms with Crippen LogP contribution in [0.1, 0.15) is 36.2 Å². The lowest BCUT2D eigenvalue weighted by Gasteiger charge is -2.27. The van der Waals surface area contributed by atoms with Crippen LogP contribution < -0.4 is 5.73 Å². The Morgan fingerprint density at radius 2 is 2.35 bits per heavy atom. The van der Waals surface area contributed by atoms with Crippen molar-refractivity contribution in [2.45, 2.75) is 31.7 Å². The molecule has 0 atom stereocenters. The van der Waals surface area contributed by atoms with E-state index in [1.165, 1.54) is 24.2 Å². The van der Waals surface area contributed by atoms with Gasteiger partial charge in [0, 0.05) is 18.0 Å². The fraction of sp³-hybridized carbons (Fsp3) is 0.500. The molecule has 0 bridgehead atoms. The molecule has 2 rings (SSSR count). The minimum absolute atomic E-state index is 0.0234. The van der Waals surface area contributed by atoms with Crippen molar-refractivity contribution >= 4 is 22.4 Å². The van der Waals surface area contributed by atoms with Gasteiger partial charge in [0.2, 0.25) is 0 Å². The summed E-state index contributed by atoms with van der Waals surface area (Å²) in [6.07, 6.45) is 6.33. The van der Waals surface area contributed by atoms with Crippen molar-refractivity contribution in [3.63, 3.8) is 0 Å². The van der Waals surface area contributed by atoms with Gasteiger partial charge in [-0.2, -0.15) is 0 Å². The molecule has 0 saturated heterocycles. The Morgan fingerprint density at radius 3 is 2.88 bits per heavy atom. The van der Waals surface area contributed by atoms with Gasteiger partial charge >= 0.3 is 0 Å². The Hall–Kier alpha value is -1.36. The normalized spacial score (nSPS) is 16.0. The first-order chi connectivity index (χ1) is 8.22. The molecule has 17 heavy (non-hydrogen) atoms. The minimum atomic E-state index is -0.0234. The van der Waals surface area contributed by atoms with Crippen LogP contribution in [0.3, 0.4) is 0 Å². The number of hydrogen-bond acceptors (Lipinski definition) is 4. The summed E-state index contributed by atoms with van der Waals surface area (Å²) < 4.78 is 0. The monoisotopic (exact) mass is 251 g/mol. The molecule has 2 N–H and O–H groups in total. The van der Waals surface area contributed by atoms with Crippen LogP contribution in [0, 0.1) is 0 Å². The second-order valence-electron chi connectivity index (χ2n) is 4.26. The Morgan fingerprint density at radius 1 is 1.65 bits per heavy atom. The molecule has 1 fully saturated rings. The minimum Gasteiger partial charge on any atom is -0.375 e. The van der Waals surface area contributed by atoms with Gasteiger partial charge < -0.3 is 10.6 Å². The van der Waals surface area contributed by atoms with E-state index in [0.29, 0.717) is 23.4 Å². The molecule has 1 aliphatic carbocycles. The zero-order valence-electron chi connectivity index (χ0n) is 9.76. The molecule has 0 radical (unpaired) electrons. The number of aromatic nitrogens is 1. The summed E-state index contributed by atoms with van der Waals surface area (Å²) in [5.41, 5.74) is 6.02. The van der Waals surface area contributed by atoms with Crippen molar-refractivity contribution < 1.29 is 4.79 Å². The first-order valence-electron chi connectivity index (χ1n) is 5.85. The Labute approximate surface area is 105 Å². The molecule has 1 amide bonds. The van der Waals surface area contributed by atoms with E-state index in [4.69, 9.17) is 5.73 Å². The summed E-state index contributed by atoms with van der Waals surface area (Å²) in [5, 5.41) is 2.17. The fourth-order valence-electron chi connectivity index (χ4n) is 2.29. The molecular formula is C12H17N3OS. The number of thiazole rings is 1. The first kappa shape index (κ1) is 12.1. The zero-order chi connectivity index (χ0) is 12.3. The van der Waals surface area contributed by atoms with Crippen LogP contribution >= 0.6 is 11.3 Å². The van der Waals surface area contributed by atoms with Crippen LogP contribution in [0.15, 0.2) is 18.0 Å². The van der Waals surface area contributed by atoms with Gasteiger partial charge in [0.1, 0.15) is 5.69 Å². The third kappa shape index (κ3) is 2.66. The van der Waals surface area contributed by atoms with Crippen molar-refractivity contribution in [1.29, 1.82) is 0 Å². The summed E-state index contributed by atoms with van der Waals surface area (Å²) in [6, 6.07) is 0.337. The molecule has 0 unspecified atom stereocenters. The summed E-state index contributed by atoms with van der Waals surface area (Å²) in [6.45, 7) is 4.30. The average molecular weight is 251 g/mol. The topological polar surface area (TPSA) is 59.2 Å². The van der Waals surface area contributed by atoms with Gasteiger partial charge in [0.15, 0.2) is 5.13 Å². The third-order valence-corrected chi connectivity index (χ3v) is 3.77. The lowest BCUT2D eigenvalue weighted by molar-refractivity contribution is 0.0701. The van der Waals surface area contributed by atoms with E-state index in [1.807, 2.05) is 4.90 Å². The van der Waals surface area contributed by atoms with Gasteiger partial charge in [-0.15, -0.1) is 17.9 Å². The van der Waals surface area contributed by atoms with Crippen molar-refractivity contribution in [3.8, 4) is 0 Å². The quantitative estimate of drug-likeness (QED) is 0.835. The summed E-state index contributed by atoms with van der Waals surface area (Å²) in [5.74, 6) is -0.0234. The highest BCUT2D eigenvalue weighted by molar-refractivity contribution is 7.13. The van der Waals surface area contributed by atoms with E-state index in [2.05, 4.69) is 11.6 Å². The van der Waals surface area contributed by atoms with Crippen LogP contribution in [-0.2, 0) is 0 Å². The molecule has 4 nitrogen and oxygen atoms in total. The maximum absolute atomic E-state index is 12.3. The van der Waals surface area contributed by atoms with Gasteiger partial charge in [-0.05, 0) is 12.8 Å². The van der Waals surface area contributed by atoms with Crippen molar-refractivity contribution in [3.05, 3.63) is 23.7 Å². The zero-order valence-corrected chi connectivity index (χ0v) is 10.6. The number of amides is 1. The lowest BCUT2D eigenvalue weighted by Crippen LogP contribution is -2.39. The van der Waals surface area contributed by atoms with E-state index < -0.39 is 0 Å². The number of nitrogens with zero attached hydrogens (tertiary/aromatic N) is 2. The number of rotatable bonds is 4. The number of anilines is 1. The number of carbonyl (C=O) groups is 1. The van der Waals surface area contributed by atoms with Gasteiger partial charge in [-0.3, -0.25) is 4.79 Å².